The summed E-state index contributed by atoms with van der Waals surface area (Å²) >= 11 is 1.78. The molecule has 3 rings (SSSR count). The molecule has 0 bridgehead atoms. The lowest BCUT2D eigenvalue weighted by molar-refractivity contribution is 0.477. The van der Waals surface area contributed by atoms with Gasteiger partial charge in [-0.15, -0.1) is 11.3 Å². The number of hydrogen-bond acceptors (Lipinski definition) is 6. The van der Waals surface area contributed by atoms with E-state index in [1.165, 1.54) is 4.88 Å². The van der Waals surface area contributed by atoms with E-state index in [2.05, 4.69) is 38.7 Å². The maximum absolute atomic E-state index is 4.48. The van der Waals surface area contributed by atoms with E-state index in [9.17, 15) is 0 Å². The normalized spacial score (nSPS) is 16.2. The van der Waals surface area contributed by atoms with Crippen molar-refractivity contribution in [3.63, 3.8) is 0 Å². The van der Waals surface area contributed by atoms with Gasteiger partial charge in [0.25, 0.3) is 0 Å². The van der Waals surface area contributed by atoms with Crippen LogP contribution in [0.25, 0.3) is 0 Å². The van der Waals surface area contributed by atoms with Gasteiger partial charge in [-0.05, 0) is 32.3 Å². The predicted molar refractivity (Wildman–Crippen MR) is 87.3 cm³/mol. The zero-order valence-electron chi connectivity index (χ0n) is 12.8. The summed E-state index contributed by atoms with van der Waals surface area (Å²) in [4.78, 5) is 19.2. The van der Waals surface area contributed by atoms with Crippen molar-refractivity contribution < 1.29 is 0 Å². The number of aromatic nitrogens is 3. The number of nitrogens with zero attached hydrogens (tertiary/aromatic N) is 5. The molecule has 1 aliphatic heterocycles. The Labute approximate surface area is 129 Å². The van der Waals surface area contributed by atoms with Crippen LogP contribution in [0.2, 0.25) is 0 Å². The summed E-state index contributed by atoms with van der Waals surface area (Å²) < 4.78 is 0. The molecule has 0 N–H and O–H groups in total. The molecule has 2 aromatic heterocycles. The smallest absolute Gasteiger partial charge is 0.225 e. The molecule has 3 heterocycles. The minimum absolute atomic E-state index is 0.505. The van der Waals surface area contributed by atoms with Crippen LogP contribution in [0.5, 0.6) is 0 Å². The Morgan fingerprint density at radius 2 is 1.76 bits per heavy atom. The average molecular weight is 303 g/mol. The van der Waals surface area contributed by atoms with Gasteiger partial charge < -0.3 is 9.80 Å². The lowest BCUT2D eigenvalue weighted by Crippen LogP contribution is -2.44. The minimum atomic E-state index is 0.505. The number of hydrogen-bond donors (Lipinski definition) is 0. The summed E-state index contributed by atoms with van der Waals surface area (Å²) in [5.41, 5.74) is 1.10. The highest BCUT2D eigenvalue weighted by Crippen LogP contribution is 2.26. The van der Waals surface area contributed by atoms with Gasteiger partial charge in [-0.1, -0.05) is 0 Å². The largest absolute Gasteiger partial charge is 0.348 e. The summed E-state index contributed by atoms with van der Waals surface area (Å²) in [7, 11) is 2.10. The maximum atomic E-state index is 4.48. The second kappa shape index (κ2) is 5.97. The van der Waals surface area contributed by atoms with Crippen LogP contribution >= 0.6 is 11.3 Å². The molecule has 1 saturated heterocycles. The molecule has 112 valence electrons. The first-order chi connectivity index (χ1) is 10.1. The lowest BCUT2D eigenvalue weighted by atomic mass is 10.0. The summed E-state index contributed by atoms with van der Waals surface area (Å²) in [6.45, 7) is 6.22. The fourth-order valence-corrected chi connectivity index (χ4v) is 3.48. The first-order valence-corrected chi connectivity index (χ1v) is 8.14. The van der Waals surface area contributed by atoms with E-state index in [-0.39, 0.29) is 0 Å². The van der Waals surface area contributed by atoms with Crippen LogP contribution in [0.1, 0.15) is 23.3 Å². The van der Waals surface area contributed by atoms with Crippen molar-refractivity contribution in [2.45, 2.75) is 32.7 Å². The Morgan fingerprint density at radius 3 is 2.33 bits per heavy atom. The van der Waals surface area contributed by atoms with E-state index in [4.69, 9.17) is 0 Å². The van der Waals surface area contributed by atoms with E-state index in [0.717, 1.165) is 42.6 Å². The highest BCUT2D eigenvalue weighted by atomic mass is 32.1. The number of piperidine rings is 1. The Hall–Kier alpha value is -1.69. The number of anilines is 2. The molecule has 5 nitrogen and oxygen atoms in total. The molecule has 6 heteroatoms. The van der Waals surface area contributed by atoms with Crippen molar-refractivity contribution in [2.75, 3.05) is 29.9 Å². The SMILES string of the molecule is Cc1cnc(N(C)C2CCN(c3ncc(C)s3)CC2)nc1. The Bertz CT molecular complexity index is 586. The molecule has 0 saturated carbocycles. The lowest BCUT2D eigenvalue weighted by Gasteiger charge is -2.36. The molecule has 0 radical (unpaired) electrons. The second-order valence-electron chi connectivity index (χ2n) is 5.64. The number of rotatable bonds is 3. The van der Waals surface area contributed by atoms with Gasteiger partial charge in [-0.3, -0.25) is 0 Å². The number of thiazole rings is 1. The summed E-state index contributed by atoms with van der Waals surface area (Å²) in [5, 5.41) is 1.15. The summed E-state index contributed by atoms with van der Waals surface area (Å²) in [5.74, 6) is 0.823. The molecule has 1 aliphatic rings. The van der Waals surface area contributed by atoms with E-state index in [1.54, 1.807) is 11.3 Å². The molecule has 21 heavy (non-hydrogen) atoms. The van der Waals surface area contributed by atoms with E-state index in [1.807, 2.05) is 25.5 Å². The Morgan fingerprint density at radius 1 is 1.10 bits per heavy atom. The van der Waals surface area contributed by atoms with Crippen molar-refractivity contribution in [1.29, 1.82) is 0 Å². The molecule has 0 atom stereocenters. The van der Waals surface area contributed by atoms with Crippen LogP contribution in [-0.2, 0) is 0 Å². The van der Waals surface area contributed by atoms with E-state index >= 15 is 0 Å². The van der Waals surface area contributed by atoms with Crippen LogP contribution in [0.15, 0.2) is 18.6 Å². The van der Waals surface area contributed by atoms with Gasteiger partial charge in [0.05, 0.1) is 0 Å². The monoisotopic (exact) mass is 303 g/mol. The average Bonchev–Trinajstić information content (AvgIpc) is 2.94. The van der Waals surface area contributed by atoms with Crippen molar-refractivity contribution in [1.82, 2.24) is 15.0 Å². The second-order valence-corrected chi connectivity index (χ2v) is 6.86. The zero-order chi connectivity index (χ0) is 14.8. The van der Waals surface area contributed by atoms with Crippen molar-refractivity contribution in [3.8, 4) is 0 Å². The molecule has 0 amide bonds. The number of aryl methyl sites for hydroxylation is 2. The van der Waals surface area contributed by atoms with Gasteiger partial charge in [0.2, 0.25) is 5.95 Å². The topological polar surface area (TPSA) is 45.2 Å². The third-order valence-electron chi connectivity index (χ3n) is 3.97. The highest BCUT2D eigenvalue weighted by molar-refractivity contribution is 7.15. The van der Waals surface area contributed by atoms with Crippen molar-refractivity contribution in [2.24, 2.45) is 0 Å². The van der Waals surface area contributed by atoms with Crippen LogP contribution in [0, 0.1) is 13.8 Å². The van der Waals surface area contributed by atoms with Crippen LogP contribution in [0.3, 0.4) is 0 Å². The first kappa shape index (κ1) is 14.3. The molecule has 0 aliphatic carbocycles. The van der Waals surface area contributed by atoms with E-state index in [0.29, 0.717) is 6.04 Å². The van der Waals surface area contributed by atoms with Crippen LogP contribution < -0.4 is 9.80 Å². The maximum Gasteiger partial charge on any atom is 0.225 e. The minimum Gasteiger partial charge on any atom is -0.348 e. The van der Waals surface area contributed by atoms with Crippen LogP contribution in [-0.4, -0.2) is 41.1 Å². The molecular weight excluding hydrogens is 282 g/mol. The third kappa shape index (κ3) is 3.15. The fourth-order valence-electron chi connectivity index (χ4n) is 2.66. The van der Waals surface area contributed by atoms with Gasteiger partial charge in [0, 0.05) is 49.6 Å². The molecule has 0 aromatic carbocycles. The molecular formula is C15H21N5S. The van der Waals surface area contributed by atoms with Gasteiger partial charge in [-0.2, -0.15) is 0 Å². The fraction of sp³-hybridized carbons (Fsp3) is 0.533. The quantitative estimate of drug-likeness (QED) is 0.872. The standard InChI is InChI=1S/C15H21N5S/c1-11-8-16-14(17-9-11)19(3)13-4-6-20(7-5-13)15-18-10-12(2)21-15/h8-10,13H,4-7H2,1-3H3. The van der Waals surface area contributed by atoms with Gasteiger partial charge in [0.15, 0.2) is 5.13 Å². The van der Waals surface area contributed by atoms with Crippen LogP contribution in [0.4, 0.5) is 11.1 Å². The predicted octanol–water partition coefficient (Wildman–Crippen LogP) is 2.66. The molecule has 2 aromatic rings. The first-order valence-electron chi connectivity index (χ1n) is 7.32. The summed E-state index contributed by atoms with van der Waals surface area (Å²) in [6, 6.07) is 0.505. The van der Waals surface area contributed by atoms with E-state index < -0.39 is 0 Å². The zero-order valence-corrected chi connectivity index (χ0v) is 13.6. The molecule has 1 fully saturated rings. The van der Waals surface area contributed by atoms with Crippen molar-refractivity contribution >= 4 is 22.4 Å². The van der Waals surface area contributed by atoms with Gasteiger partial charge >= 0.3 is 0 Å². The Kier molecular flexibility index (Phi) is 4.05. The summed E-state index contributed by atoms with van der Waals surface area (Å²) in [6.07, 6.45) is 7.95. The molecule has 0 spiro atoms. The highest BCUT2D eigenvalue weighted by Gasteiger charge is 2.25. The third-order valence-corrected chi connectivity index (χ3v) is 4.95. The van der Waals surface area contributed by atoms with Crippen molar-refractivity contribution in [3.05, 3.63) is 29.0 Å². The Balaban J connectivity index is 1.61. The van der Waals surface area contributed by atoms with Gasteiger partial charge in [-0.25, -0.2) is 15.0 Å². The van der Waals surface area contributed by atoms with Gasteiger partial charge in [0.1, 0.15) is 0 Å². The molecule has 0 unspecified atom stereocenters.